The van der Waals surface area contributed by atoms with Gasteiger partial charge < -0.3 is 20.4 Å². The number of carboxylic acids is 1. The van der Waals surface area contributed by atoms with E-state index in [9.17, 15) is 9.59 Å². The first-order chi connectivity index (χ1) is 10.1. The molecule has 116 valence electrons. The average molecular weight is 294 g/mol. The van der Waals surface area contributed by atoms with Crippen molar-refractivity contribution in [3.63, 3.8) is 0 Å². The van der Waals surface area contributed by atoms with Gasteiger partial charge in [-0.05, 0) is 30.5 Å². The third kappa shape index (κ3) is 5.83. The first-order valence-electron chi connectivity index (χ1n) is 7.04. The van der Waals surface area contributed by atoms with Crippen LogP contribution in [0.1, 0.15) is 29.3 Å². The Morgan fingerprint density at radius 1 is 1.29 bits per heavy atom. The van der Waals surface area contributed by atoms with Gasteiger partial charge in [0.1, 0.15) is 0 Å². The first kappa shape index (κ1) is 17.0. The van der Waals surface area contributed by atoms with Crippen molar-refractivity contribution < 1.29 is 19.8 Å². The van der Waals surface area contributed by atoms with Gasteiger partial charge in [-0.3, -0.25) is 0 Å². The van der Waals surface area contributed by atoms with Crippen LogP contribution in [0, 0.1) is 0 Å². The lowest BCUT2D eigenvalue weighted by molar-refractivity contribution is 0.0696. The largest absolute Gasteiger partial charge is 0.478 e. The van der Waals surface area contributed by atoms with Gasteiger partial charge in [-0.25, -0.2) is 9.59 Å². The molecule has 0 fully saturated rings. The maximum absolute atomic E-state index is 11.9. The number of aliphatic hydroxyl groups is 1. The average Bonchev–Trinajstić information content (AvgIpc) is 2.47. The zero-order valence-corrected chi connectivity index (χ0v) is 12.2. The van der Waals surface area contributed by atoms with Gasteiger partial charge in [0.25, 0.3) is 0 Å². The number of rotatable bonds is 8. The van der Waals surface area contributed by atoms with Crippen molar-refractivity contribution in [3.8, 4) is 0 Å². The summed E-state index contributed by atoms with van der Waals surface area (Å²) in [4.78, 5) is 24.3. The van der Waals surface area contributed by atoms with Gasteiger partial charge in [0.2, 0.25) is 0 Å². The number of aromatic carboxylic acids is 1. The molecule has 1 aromatic rings. The molecular weight excluding hydrogens is 272 g/mol. The summed E-state index contributed by atoms with van der Waals surface area (Å²) in [6, 6.07) is 6.45. The molecule has 0 aliphatic heterocycles. The summed E-state index contributed by atoms with van der Waals surface area (Å²) in [7, 11) is 0. The molecule has 0 unspecified atom stereocenters. The number of hydrogen-bond acceptors (Lipinski definition) is 3. The Bertz CT molecular complexity index is 470. The maximum atomic E-state index is 11.9. The highest BCUT2D eigenvalue weighted by Gasteiger charge is 2.11. The number of urea groups is 1. The summed E-state index contributed by atoms with van der Waals surface area (Å²) in [5.74, 6) is -0.960. The van der Waals surface area contributed by atoms with E-state index in [4.69, 9.17) is 10.2 Å². The van der Waals surface area contributed by atoms with Crippen LogP contribution in [0.3, 0.4) is 0 Å². The predicted octanol–water partition coefficient (Wildman–Crippen LogP) is 1.34. The molecule has 0 spiro atoms. The Labute approximate surface area is 124 Å². The molecule has 0 atom stereocenters. The standard InChI is InChI=1S/C15H22N2O4/c1-2-8-17(9-10-18)15(21)16-7-6-12-4-3-5-13(11-12)14(19)20/h3-5,11,18H,2,6-10H2,1H3,(H,16,21)(H,19,20). The quantitative estimate of drug-likeness (QED) is 0.675. The summed E-state index contributed by atoms with van der Waals surface area (Å²) < 4.78 is 0. The van der Waals surface area contributed by atoms with Crippen LogP contribution in [0.5, 0.6) is 0 Å². The number of carbonyl (C=O) groups excluding carboxylic acids is 1. The highest BCUT2D eigenvalue weighted by atomic mass is 16.4. The van der Waals surface area contributed by atoms with E-state index in [2.05, 4.69) is 5.32 Å². The third-order valence-electron chi connectivity index (χ3n) is 3.01. The second kappa shape index (κ2) is 8.97. The number of nitrogens with zero attached hydrogens (tertiary/aromatic N) is 1. The number of benzene rings is 1. The maximum Gasteiger partial charge on any atom is 0.335 e. The minimum atomic E-state index is -0.960. The molecule has 21 heavy (non-hydrogen) atoms. The SMILES string of the molecule is CCCN(CCO)C(=O)NCCc1cccc(C(=O)O)c1. The predicted molar refractivity (Wildman–Crippen MR) is 79.5 cm³/mol. The van der Waals surface area contributed by atoms with E-state index in [0.29, 0.717) is 26.1 Å². The van der Waals surface area contributed by atoms with E-state index in [1.54, 1.807) is 17.0 Å². The molecule has 2 amide bonds. The molecule has 6 nitrogen and oxygen atoms in total. The van der Waals surface area contributed by atoms with Crippen molar-refractivity contribution in [1.29, 1.82) is 0 Å². The van der Waals surface area contributed by atoms with Crippen molar-refractivity contribution in [2.24, 2.45) is 0 Å². The van der Waals surface area contributed by atoms with Gasteiger partial charge in [0.05, 0.1) is 12.2 Å². The fraction of sp³-hybridized carbons (Fsp3) is 0.467. The number of carbonyl (C=O) groups is 2. The topological polar surface area (TPSA) is 89.9 Å². The summed E-state index contributed by atoms with van der Waals surface area (Å²) >= 11 is 0. The van der Waals surface area contributed by atoms with Crippen LogP contribution in [0.2, 0.25) is 0 Å². The smallest absolute Gasteiger partial charge is 0.335 e. The van der Waals surface area contributed by atoms with Gasteiger partial charge in [0, 0.05) is 19.6 Å². The number of nitrogens with one attached hydrogen (secondary N) is 1. The van der Waals surface area contributed by atoms with Crippen LogP contribution in [-0.4, -0.2) is 53.4 Å². The van der Waals surface area contributed by atoms with Crippen molar-refractivity contribution >= 4 is 12.0 Å². The lowest BCUT2D eigenvalue weighted by Crippen LogP contribution is -2.42. The molecule has 0 saturated heterocycles. The molecule has 0 radical (unpaired) electrons. The Kier molecular flexibility index (Phi) is 7.25. The molecular formula is C15H22N2O4. The summed E-state index contributed by atoms with van der Waals surface area (Å²) in [5.41, 5.74) is 1.10. The number of amides is 2. The molecule has 0 aromatic heterocycles. The zero-order valence-electron chi connectivity index (χ0n) is 12.2. The summed E-state index contributed by atoms with van der Waals surface area (Å²) in [6.45, 7) is 3.24. The molecule has 1 rings (SSSR count). The van der Waals surface area contributed by atoms with E-state index < -0.39 is 5.97 Å². The lowest BCUT2D eigenvalue weighted by atomic mass is 10.1. The van der Waals surface area contributed by atoms with Crippen molar-refractivity contribution in [3.05, 3.63) is 35.4 Å². The molecule has 0 aliphatic carbocycles. The normalized spacial score (nSPS) is 10.2. The second-order valence-electron chi connectivity index (χ2n) is 4.70. The Hall–Kier alpha value is -2.08. The fourth-order valence-electron chi connectivity index (χ4n) is 1.99. The second-order valence-corrected chi connectivity index (χ2v) is 4.70. The third-order valence-corrected chi connectivity index (χ3v) is 3.01. The van der Waals surface area contributed by atoms with Gasteiger partial charge in [-0.15, -0.1) is 0 Å². The fourth-order valence-corrected chi connectivity index (χ4v) is 1.99. The van der Waals surface area contributed by atoms with E-state index >= 15 is 0 Å². The highest BCUT2D eigenvalue weighted by Crippen LogP contribution is 2.05. The lowest BCUT2D eigenvalue weighted by Gasteiger charge is -2.21. The molecule has 1 aromatic carbocycles. The number of hydrogen-bond donors (Lipinski definition) is 3. The monoisotopic (exact) mass is 294 g/mol. The van der Waals surface area contributed by atoms with Crippen LogP contribution in [0.25, 0.3) is 0 Å². The van der Waals surface area contributed by atoms with Gasteiger partial charge in [0.15, 0.2) is 0 Å². The molecule has 3 N–H and O–H groups in total. The molecule has 0 bridgehead atoms. The number of carboxylic acid groups (broad SMARTS) is 1. The Balaban J connectivity index is 2.46. The van der Waals surface area contributed by atoms with Crippen molar-refractivity contribution in [2.45, 2.75) is 19.8 Å². The number of aliphatic hydroxyl groups excluding tert-OH is 1. The molecule has 0 aliphatic rings. The van der Waals surface area contributed by atoms with Crippen LogP contribution in [0.4, 0.5) is 4.79 Å². The van der Waals surface area contributed by atoms with Crippen LogP contribution in [0.15, 0.2) is 24.3 Å². The van der Waals surface area contributed by atoms with E-state index in [-0.39, 0.29) is 18.2 Å². The van der Waals surface area contributed by atoms with Crippen LogP contribution in [-0.2, 0) is 6.42 Å². The Morgan fingerprint density at radius 3 is 2.67 bits per heavy atom. The first-order valence-corrected chi connectivity index (χ1v) is 7.04. The zero-order chi connectivity index (χ0) is 15.7. The highest BCUT2D eigenvalue weighted by molar-refractivity contribution is 5.87. The Morgan fingerprint density at radius 2 is 2.05 bits per heavy atom. The van der Waals surface area contributed by atoms with Crippen molar-refractivity contribution in [1.82, 2.24) is 10.2 Å². The molecule has 6 heteroatoms. The van der Waals surface area contributed by atoms with Gasteiger partial charge in [-0.1, -0.05) is 19.1 Å². The summed E-state index contributed by atoms with van der Waals surface area (Å²) in [5, 5.41) is 20.6. The van der Waals surface area contributed by atoms with E-state index in [0.717, 1.165) is 12.0 Å². The van der Waals surface area contributed by atoms with E-state index in [1.165, 1.54) is 6.07 Å². The van der Waals surface area contributed by atoms with Crippen molar-refractivity contribution in [2.75, 3.05) is 26.2 Å². The van der Waals surface area contributed by atoms with E-state index in [1.807, 2.05) is 13.0 Å². The summed E-state index contributed by atoms with van der Waals surface area (Å²) in [6.07, 6.45) is 1.39. The molecule has 0 saturated carbocycles. The van der Waals surface area contributed by atoms with Crippen LogP contribution >= 0.6 is 0 Å². The molecule has 0 heterocycles. The van der Waals surface area contributed by atoms with Gasteiger partial charge >= 0.3 is 12.0 Å². The minimum Gasteiger partial charge on any atom is -0.478 e. The van der Waals surface area contributed by atoms with Gasteiger partial charge in [-0.2, -0.15) is 0 Å². The van der Waals surface area contributed by atoms with Crippen LogP contribution < -0.4 is 5.32 Å². The minimum absolute atomic E-state index is 0.0614.